The highest BCUT2D eigenvalue weighted by atomic mass is 16.5. The number of nitrogens with zero attached hydrogens (tertiary/aromatic N) is 1. The monoisotopic (exact) mass is 281 g/mol. The summed E-state index contributed by atoms with van der Waals surface area (Å²) in [7, 11) is 3.43. The summed E-state index contributed by atoms with van der Waals surface area (Å²) in [6.07, 6.45) is 0.541. The number of carbonyl (C=O) groups is 1. The third kappa shape index (κ3) is 1.47. The van der Waals surface area contributed by atoms with Crippen LogP contribution in [0.2, 0.25) is 0 Å². The predicted octanol–water partition coefficient (Wildman–Crippen LogP) is 2.50. The fourth-order valence-electron chi connectivity index (χ4n) is 3.29. The molecule has 21 heavy (non-hydrogen) atoms. The zero-order valence-electron chi connectivity index (χ0n) is 11.9. The number of rotatable bonds is 1. The Kier molecular flexibility index (Phi) is 2.34. The number of para-hydroxylation sites is 1. The van der Waals surface area contributed by atoms with Gasteiger partial charge in [0, 0.05) is 24.6 Å². The van der Waals surface area contributed by atoms with Crippen LogP contribution in [0.15, 0.2) is 42.5 Å². The maximum Gasteiger partial charge on any atom is 0.276 e. The molecule has 1 amide bonds. The molecule has 0 aromatic heterocycles. The first kappa shape index (κ1) is 12.3. The fraction of sp³-hybridized carbons (Fsp3) is 0.235. The van der Waals surface area contributed by atoms with E-state index in [9.17, 15) is 4.79 Å². The summed E-state index contributed by atoms with van der Waals surface area (Å²) in [6, 6.07) is 13.5. The van der Waals surface area contributed by atoms with Crippen LogP contribution in [-0.4, -0.2) is 20.1 Å². The van der Waals surface area contributed by atoms with Crippen molar-refractivity contribution < 1.29 is 14.3 Å². The molecule has 4 heteroatoms. The molecular formula is C17H15NO3. The van der Waals surface area contributed by atoms with Crippen molar-refractivity contribution in [2.24, 2.45) is 0 Å². The second-order valence-electron chi connectivity index (χ2n) is 5.46. The van der Waals surface area contributed by atoms with Crippen LogP contribution in [-0.2, 0) is 16.8 Å². The number of benzene rings is 2. The minimum Gasteiger partial charge on any atom is -0.497 e. The summed E-state index contributed by atoms with van der Waals surface area (Å²) < 4.78 is 11.4. The van der Waals surface area contributed by atoms with E-state index in [2.05, 4.69) is 0 Å². The van der Waals surface area contributed by atoms with Crippen LogP contribution < -0.4 is 14.4 Å². The Morgan fingerprint density at radius 1 is 1.24 bits per heavy atom. The molecule has 4 nitrogen and oxygen atoms in total. The van der Waals surface area contributed by atoms with Crippen molar-refractivity contribution in [3.63, 3.8) is 0 Å². The maximum absolute atomic E-state index is 12.8. The lowest BCUT2D eigenvalue weighted by molar-refractivity contribution is -0.131. The molecule has 4 rings (SSSR count). The van der Waals surface area contributed by atoms with Gasteiger partial charge in [0.1, 0.15) is 11.5 Å². The van der Waals surface area contributed by atoms with Gasteiger partial charge in [0.25, 0.3) is 5.91 Å². The maximum atomic E-state index is 12.8. The van der Waals surface area contributed by atoms with Gasteiger partial charge in [-0.3, -0.25) is 4.79 Å². The lowest BCUT2D eigenvalue weighted by Gasteiger charge is -2.22. The number of hydrogen-bond donors (Lipinski definition) is 0. The molecule has 2 aliphatic heterocycles. The summed E-state index contributed by atoms with van der Waals surface area (Å²) in [5.74, 6) is 1.52. The van der Waals surface area contributed by atoms with Gasteiger partial charge in [-0.25, -0.2) is 0 Å². The minimum absolute atomic E-state index is 0.0149. The minimum atomic E-state index is -0.917. The van der Waals surface area contributed by atoms with Gasteiger partial charge in [0.15, 0.2) is 0 Å². The van der Waals surface area contributed by atoms with Crippen LogP contribution in [0.1, 0.15) is 11.1 Å². The first-order valence-electron chi connectivity index (χ1n) is 6.89. The van der Waals surface area contributed by atoms with E-state index in [0.717, 1.165) is 28.3 Å². The van der Waals surface area contributed by atoms with Crippen molar-refractivity contribution in [1.29, 1.82) is 0 Å². The molecule has 2 aromatic carbocycles. The molecule has 2 aliphatic rings. The summed E-state index contributed by atoms with van der Waals surface area (Å²) >= 11 is 0. The van der Waals surface area contributed by atoms with Crippen molar-refractivity contribution in [3.8, 4) is 11.5 Å². The van der Waals surface area contributed by atoms with E-state index in [1.165, 1.54) is 0 Å². The molecule has 1 spiro atoms. The van der Waals surface area contributed by atoms with E-state index in [0.29, 0.717) is 6.42 Å². The molecule has 0 aliphatic carbocycles. The van der Waals surface area contributed by atoms with Crippen molar-refractivity contribution in [2.45, 2.75) is 12.0 Å². The van der Waals surface area contributed by atoms with Crippen molar-refractivity contribution >= 4 is 11.6 Å². The lowest BCUT2D eigenvalue weighted by Crippen LogP contribution is -2.42. The van der Waals surface area contributed by atoms with Crippen LogP contribution >= 0.6 is 0 Å². The first-order valence-corrected chi connectivity index (χ1v) is 6.89. The molecule has 2 heterocycles. The van der Waals surface area contributed by atoms with Gasteiger partial charge in [-0.2, -0.15) is 0 Å². The van der Waals surface area contributed by atoms with Crippen LogP contribution in [0.3, 0.4) is 0 Å². The number of fused-ring (bicyclic) bond motifs is 3. The van der Waals surface area contributed by atoms with E-state index in [1.807, 2.05) is 42.5 Å². The lowest BCUT2D eigenvalue weighted by atomic mass is 9.90. The molecule has 2 aromatic rings. The first-order chi connectivity index (χ1) is 10.2. The number of carbonyl (C=O) groups excluding carboxylic acids is 1. The topological polar surface area (TPSA) is 38.8 Å². The number of hydrogen-bond acceptors (Lipinski definition) is 3. The number of likely N-dealkylation sites (N-methyl/N-ethyl adjacent to an activating group) is 1. The van der Waals surface area contributed by atoms with Crippen LogP contribution in [0, 0.1) is 0 Å². The standard InChI is InChI=1S/C17H15NO3/c1-18-14-6-4-3-5-13(14)17(16(18)19)10-11-9-12(20-2)7-8-15(11)21-17/h3-9H,10H2,1-2H3. The van der Waals surface area contributed by atoms with E-state index >= 15 is 0 Å². The molecule has 1 atom stereocenters. The normalized spacial score (nSPS) is 22.2. The molecule has 0 bridgehead atoms. The largest absolute Gasteiger partial charge is 0.497 e. The highest BCUT2D eigenvalue weighted by Crippen LogP contribution is 2.50. The molecule has 0 fully saturated rings. The summed E-state index contributed by atoms with van der Waals surface area (Å²) in [6.45, 7) is 0. The Balaban J connectivity index is 1.86. The van der Waals surface area contributed by atoms with Crippen molar-refractivity contribution in [2.75, 3.05) is 19.1 Å². The second kappa shape index (κ2) is 4.01. The molecule has 106 valence electrons. The third-order valence-electron chi connectivity index (χ3n) is 4.34. The van der Waals surface area contributed by atoms with Gasteiger partial charge in [0.2, 0.25) is 5.60 Å². The fourth-order valence-corrected chi connectivity index (χ4v) is 3.29. The van der Waals surface area contributed by atoms with Crippen molar-refractivity contribution in [1.82, 2.24) is 0 Å². The quantitative estimate of drug-likeness (QED) is 0.806. The zero-order valence-corrected chi connectivity index (χ0v) is 11.9. The molecule has 0 saturated heterocycles. The molecule has 1 unspecified atom stereocenters. The Morgan fingerprint density at radius 2 is 2.05 bits per heavy atom. The highest BCUT2D eigenvalue weighted by Gasteiger charge is 2.55. The Morgan fingerprint density at radius 3 is 2.86 bits per heavy atom. The number of methoxy groups -OCH3 is 1. The Hall–Kier alpha value is -2.49. The average Bonchev–Trinajstić information content (AvgIpc) is 3.00. The van der Waals surface area contributed by atoms with Crippen LogP contribution in [0.4, 0.5) is 5.69 Å². The molecule has 0 saturated carbocycles. The molecule has 0 radical (unpaired) electrons. The van der Waals surface area contributed by atoms with Crippen LogP contribution in [0.25, 0.3) is 0 Å². The van der Waals surface area contributed by atoms with Gasteiger partial charge >= 0.3 is 0 Å². The second-order valence-corrected chi connectivity index (χ2v) is 5.46. The van der Waals surface area contributed by atoms with Gasteiger partial charge in [0.05, 0.1) is 12.8 Å². The summed E-state index contributed by atoms with van der Waals surface area (Å²) in [5.41, 5.74) is 1.95. The number of anilines is 1. The third-order valence-corrected chi connectivity index (χ3v) is 4.34. The Labute approximate surface area is 122 Å². The van der Waals surface area contributed by atoms with Crippen LogP contribution in [0.5, 0.6) is 11.5 Å². The Bertz CT molecular complexity index is 755. The predicted molar refractivity (Wildman–Crippen MR) is 78.9 cm³/mol. The van der Waals surface area contributed by atoms with E-state index in [1.54, 1.807) is 19.1 Å². The average molecular weight is 281 g/mol. The summed E-state index contributed by atoms with van der Waals surface area (Å²) in [4.78, 5) is 14.5. The zero-order chi connectivity index (χ0) is 14.6. The van der Waals surface area contributed by atoms with Gasteiger partial charge < -0.3 is 14.4 Å². The number of ether oxygens (including phenoxy) is 2. The van der Waals surface area contributed by atoms with E-state index in [-0.39, 0.29) is 5.91 Å². The van der Waals surface area contributed by atoms with Gasteiger partial charge in [-0.05, 0) is 24.3 Å². The van der Waals surface area contributed by atoms with E-state index < -0.39 is 5.60 Å². The summed E-state index contributed by atoms with van der Waals surface area (Å²) in [5, 5.41) is 0. The smallest absolute Gasteiger partial charge is 0.276 e. The van der Waals surface area contributed by atoms with E-state index in [4.69, 9.17) is 9.47 Å². The SMILES string of the molecule is COc1ccc2c(c1)CC1(O2)C(=O)N(C)c2ccccc21. The number of amides is 1. The van der Waals surface area contributed by atoms with Gasteiger partial charge in [-0.15, -0.1) is 0 Å². The van der Waals surface area contributed by atoms with Gasteiger partial charge in [-0.1, -0.05) is 18.2 Å². The van der Waals surface area contributed by atoms with Crippen molar-refractivity contribution in [3.05, 3.63) is 53.6 Å². The molecular weight excluding hydrogens is 266 g/mol. The highest BCUT2D eigenvalue weighted by molar-refractivity contribution is 6.07. The molecule has 0 N–H and O–H groups in total.